The fourth-order valence-electron chi connectivity index (χ4n) is 4.81. The van der Waals surface area contributed by atoms with Gasteiger partial charge in [0.15, 0.2) is 0 Å². The lowest BCUT2D eigenvalue weighted by Crippen LogP contribution is -2.35. The number of anilines is 1. The predicted octanol–water partition coefficient (Wildman–Crippen LogP) is 6.32. The molecule has 0 bridgehead atoms. The highest BCUT2D eigenvalue weighted by atomic mass is 35.5. The van der Waals surface area contributed by atoms with E-state index < -0.39 is 10.0 Å². The second kappa shape index (κ2) is 10.4. The van der Waals surface area contributed by atoms with E-state index in [1.807, 2.05) is 78.6 Å². The second-order valence-electron chi connectivity index (χ2n) is 9.28. The zero-order valence-corrected chi connectivity index (χ0v) is 22.0. The smallest absolute Gasteiger partial charge is 0.264 e. The van der Waals surface area contributed by atoms with Crippen molar-refractivity contribution in [2.75, 3.05) is 4.31 Å². The van der Waals surface area contributed by atoms with E-state index in [1.54, 1.807) is 24.3 Å². The van der Waals surface area contributed by atoms with Gasteiger partial charge in [-0.05, 0) is 72.5 Å². The van der Waals surface area contributed by atoms with Crippen LogP contribution in [-0.4, -0.2) is 25.3 Å². The molecule has 0 N–H and O–H groups in total. The number of hydrogen-bond donors (Lipinski definition) is 0. The average Bonchev–Trinajstić information content (AvgIpc) is 3.25. The van der Waals surface area contributed by atoms with Gasteiger partial charge in [-0.15, -0.1) is 0 Å². The lowest BCUT2D eigenvalue weighted by atomic mass is 10.1. The van der Waals surface area contributed by atoms with Crippen LogP contribution in [0.25, 0.3) is 0 Å². The van der Waals surface area contributed by atoms with Crippen LogP contribution in [0.2, 0.25) is 5.02 Å². The Hall–Kier alpha value is -3.61. The van der Waals surface area contributed by atoms with Crippen LogP contribution in [0.4, 0.5) is 5.69 Å². The molecule has 0 fully saturated rings. The first-order valence-corrected chi connectivity index (χ1v) is 13.9. The van der Waals surface area contributed by atoms with Gasteiger partial charge in [-0.3, -0.25) is 9.10 Å². The monoisotopic (exact) mass is 530 g/mol. The van der Waals surface area contributed by atoms with Crippen LogP contribution in [0.5, 0.6) is 0 Å². The summed E-state index contributed by atoms with van der Waals surface area (Å²) >= 11 is 5.96. The highest BCUT2D eigenvalue weighted by Crippen LogP contribution is 2.37. The summed E-state index contributed by atoms with van der Waals surface area (Å²) in [6.45, 7) is 2.82. The van der Waals surface area contributed by atoms with Crippen LogP contribution in [-0.2, 0) is 29.5 Å². The Morgan fingerprint density at radius 3 is 2.00 bits per heavy atom. The molecule has 5 rings (SSSR count). The second-order valence-corrected chi connectivity index (χ2v) is 11.5. The Bertz CT molecular complexity index is 1470. The van der Waals surface area contributed by atoms with Gasteiger partial charge in [0.05, 0.1) is 10.6 Å². The van der Waals surface area contributed by atoms with E-state index in [2.05, 4.69) is 0 Å². The standard InChI is InChI=1S/C30H27ClN2O3S/c1-22-18-26-19-25(12-17-29(26)33(22)37(35,36)28-15-13-27(31)14-16-28)30(34)32(20-23-8-4-2-5-9-23)21-24-10-6-3-7-11-24/h2-17,19,22H,18,20-21H2,1H3/t22-/m0/s1. The molecule has 0 unspecified atom stereocenters. The number of rotatable bonds is 7. The van der Waals surface area contributed by atoms with Crippen molar-refractivity contribution in [1.82, 2.24) is 4.90 Å². The van der Waals surface area contributed by atoms with E-state index in [4.69, 9.17) is 11.6 Å². The van der Waals surface area contributed by atoms with Crippen molar-refractivity contribution >= 4 is 33.2 Å². The first kappa shape index (κ1) is 25.1. The highest BCUT2D eigenvalue weighted by molar-refractivity contribution is 7.92. The minimum Gasteiger partial charge on any atom is -0.330 e. The fraction of sp³-hybridized carbons (Fsp3) is 0.167. The molecule has 1 aliphatic heterocycles. The molecule has 0 aromatic heterocycles. The normalized spacial score (nSPS) is 14.9. The van der Waals surface area contributed by atoms with E-state index in [9.17, 15) is 13.2 Å². The number of hydrogen-bond acceptors (Lipinski definition) is 3. The largest absolute Gasteiger partial charge is 0.330 e. The summed E-state index contributed by atoms with van der Waals surface area (Å²) in [5.74, 6) is -0.0952. The SMILES string of the molecule is C[C@H]1Cc2cc(C(=O)N(Cc3ccccc3)Cc3ccccc3)ccc2N1S(=O)(=O)c1ccc(Cl)cc1. The van der Waals surface area contributed by atoms with Crippen molar-refractivity contribution in [3.05, 3.63) is 130 Å². The third kappa shape index (κ3) is 5.26. The Morgan fingerprint density at radius 2 is 1.43 bits per heavy atom. The van der Waals surface area contributed by atoms with Crippen molar-refractivity contribution in [3.63, 3.8) is 0 Å². The zero-order chi connectivity index (χ0) is 26.0. The summed E-state index contributed by atoms with van der Waals surface area (Å²) in [5, 5.41) is 0.479. The van der Waals surface area contributed by atoms with Gasteiger partial charge in [0.2, 0.25) is 0 Å². The van der Waals surface area contributed by atoms with Crippen molar-refractivity contribution in [1.29, 1.82) is 0 Å². The highest BCUT2D eigenvalue weighted by Gasteiger charge is 2.36. The molecule has 1 heterocycles. The lowest BCUT2D eigenvalue weighted by Gasteiger charge is -2.25. The first-order chi connectivity index (χ1) is 17.8. The van der Waals surface area contributed by atoms with Gasteiger partial charge in [-0.2, -0.15) is 0 Å². The Kier molecular flexibility index (Phi) is 7.04. The summed E-state index contributed by atoms with van der Waals surface area (Å²) in [5.41, 5.74) is 4.08. The maximum absolute atomic E-state index is 13.7. The van der Waals surface area contributed by atoms with E-state index in [0.29, 0.717) is 35.8 Å². The van der Waals surface area contributed by atoms with E-state index in [1.165, 1.54) is 16.4 Å². The number of benzene rings is 4. The van der Waals surface area contributed by atoms with E-state index in [-0.39, 0.29) is 16.8 Å². The number of nitrogens with zero attached hydrogens (tertiary/aromatic N) is 2. The van der Waals surface area contributed by atoms with Crippen molar-refractivity contribution in [2.45, 2.75) is 37.4 Å². The summed E-state index contributed by atoms with van der Waals surface area (Å²) in [6.07, 6.45) is 0.528. The summed E-state index contributed by atoms with van der Waals surface area (Å²) in [4.78, 5) is 15.8. The summed E-state index contributed by atoms with van der Waals surface area (Å²) in [7, 11) is -3.77. The van der Waals surface area contributed by atoms with Crippen LogP contribution < -0.4 is 4.31 Å². The maximum Gasteiger partial charge on any atom is 0.264 e. The van der Waals surface area contributed by atoms with Crippen LogP contribution >= 0.6 is 11.6 Å². The molecule has 1 aliphatic rings. The molecule has 5 nitrogen and oxygen atoms in total. The number of halogens is 1. The van der Waals surface area contributed by atoms with Crippen molar-refractivity contribution in [2.24, 2.45) is 0 Å². The van der Waals surface area contributed by atoms with E-state index in [0.717, 1.165) is 16.7 Å². The van der Waals surface area contributed by atoms with Crippen LogP contribution in [0.15, 0.2) is 108 Å². The molecule has 1 amide bonds. The average molecular weight is 531 g/mol. The number of carbonyl (C=O) groups excluding carboxylic acids is 1. The molecule has 188 valence electrons. The molecule has 0 radical (unpaired) electrons. The Morgan fingerprint density at radius 1 is 0.865 bits per heavy atom. The molecule has 0 saturated carbocycles. The number of fused-ring (bicyclic) bond motifs is 1. The molecule has 4 aromatic carbocycles. The minimum atomic E-state index is -3.77. The van der Waals surface area contributed by atoms with Gasteiger partial charge in [0.1, 0.15) is 0 Å². The molecular weight excluding hydrogens is 504 g/mol. The van der Waals surface area contributed by atoms with Crippen molar-refractivity contribution in [3.8, 4) is 0 Å². The van der Waals surface area contributed by atoms with Gasteiger partial charge in [-0.25, -0.2) is 8.42 Å². The van der Waals surface area contributed by atoms with Crippen LogP contribution in [0.3, 0.4) is 0 Å². The quantitative estimate of drug-likeness (QED) is 0.281. The van der Waals surface area contributed by atoms with Crippen LogP contribution in [0, 0.1) is 0 Å². The summed E-state index contributed by atoms with van der Waals surface area (Å²) in [6, 6.07) is 31.1. The topological polar surface area (TPSA) is 57.7 Å². The maximum atomic E-state index is 13.7. The van der Waals surface area contributed by atoms with Gasteiger partial charge in [0, 0.05) is 29.7 Å². The van der Waals surface area contributed by atoms with Gasteiger partial charge in [-0.1, -0.05) is 72.3 Å². The fourth-order valence-corrected chi connectivity index (χ4v) is 6.63. The van der Waals surface area contributed by atoms with Crippen molar-refractivity contribution < 1.29 is 13.2 Å². The molecular formula is C30H27ClN2O3S. The number of sulfonamides is 1. The Balaban J connectivity index is 1.45. The van der Waals surface area contributed by atoms with Gasteiger partial charge < -0.3 is 4.90 Å². The third-order valence-electron chi connectivity index (χ3n) is 6.57. The predicted molar refractivity (Wildman–Crippen MR) is 147 cm³/mol. The third-order valence-corrected chi connectivity index (χ3v) is 8.76. The molecule has 4 aromatic rings. The molecule has 0 aliphatic carbocycles. The first-order valence-electron chi connectivity index (χ1n) is 12.1. The number of amides is 1. The molecule has 1 atom stereocenters. The van der Waals surface area contributed by atoms with Crippen LogP contribution in [0.1, 0.15) is 34.0 Å². The number of carbonyl (C=O) groups is 1. The summed E-state index contributed by atoms with van der Waals surface area (Å²) < 4.78 is 28.4. The molecule has 0 saturated heterocycles. The molecule has 0 spiro atoms. The van der Waals surface area contributed by atoms with Gasteiger partial charge in [0.25, 0.3) is 15.9 Å². The lowest BCUT2D eigenvalue weighted by molar-refractivity contribution is 0.0730. The van der Waals surface area contributed by atoms with E-state index >= 15 is 0 Å². The van der Waals surface area contributed by atoms with Gasteiger partial charge >= 0.3 is 0 Å². The Labute approximate surface area is 223 Å². The minimum absolute atomic E-state index is 0.0952. The molecule has 7 heteroatoms. The molecule has 37 heavy (non-hydrogen) atoms. The zero-order valence-electron chi connectivity index (χ0n) is 20.4.